The van der Waals surface area contributed by atoms with E-state index >= 15 is 0 Å². The number of nitrogens with zero attached hydrogens (tertiary/aromatic N) is 3. The lowest BCUT2D eigenvalue weighted by Gasteiger charge is -1.95. The Morgan fingerprint density at radius 2 is 2.31 bits per heavy atom. The lowest BCUT2D eigenvalue weighted by atomic mass is 10.5. The van der Waals surface area contributed by atoms with Crippen LogP contribution in [-0.4, -0.2) is 24.6 Å². The highest BCUT2D eigenvalue weighted by Gasteiger charge is 2.09. The molecule has 0 saturated carbocycles. The van der Waals surface area contributed by atoms with Crippen molar-refractivity contribution in [2.45, 2.75) is 12.1 Å². The summed E-state index contributed by atoms with van der Waals surface area (Å²) in [6.45, 7) is 1.86. The molecule has 2 heterocycles. The Morgan fingerprint density at radius 1 is 1.46 bits per heavy atom. The van der Waals surface area contributed by atoms with Gasteiger partial charge in [-0.15, -0.1) is 10.2 Å². The minimum atomic E-state index is -1.04. The van der Waals surface area contributed by atoms with Gasteiger partial charge in [-0.3, -0.25) is 8.61 Å². The summed E-state index contributed by atoms with van der Waals surface area (Å²) >= 11 is 0. The molecule has 0 aliphatic carbocycles. The van der Waals surface area contributed by atoms with Gasteiger partial charge in [0.25, 0.3) is 0 Å². The molecular formula is C8H9N3OS. The quantitative estimate of drug-likeness (QED) is 0.714. The molecule has 1 unspecified atom stereocenters. The summed E-state index contributed by atoms with van der Waals surface area (Å²) in [5.41, 5.74) is 0.735. The third-order valence-electron chi connectivity index (χ3n) is 1.75. The van der Waals surface area contributed by atoms with E-state index in [9.17, 15) is 4.21 Å². The van der Waals surface area contributed by atoms with E-state index in [4.69, 9.17) is 0 Å². The molecule has 0 aliphatic rings. The summed E-state index contributed by atoms with van der Waals surface area (Å²) in [4.78, 5) is 0. The molecule has 0 aromatic carbocycles. The second-order valence-electron chi connectivity index (χ2n) is 2.55. The first-order valence-electron chi connectivity index (χ1n) is 4.01. The van der Waals surface area contributed by atoms with Gasteiger partial charge < -0.3 is 0 Å². The van der Waals surface area contributed by atoms with Gasteiger partial charge in [-0.05, 0) is 12.1 Å². The van der Waals surface area contributed by atoms with Crippen LogP contribution in [0, 0.1) is 0 Å². The van der Waals surface area contributed by atoms with Crippen LogP contribution in [0.5, 0.6) is 0 Å². The first-order chi connectivity index (χ1) is 6.33. The molecule has 2 aromatic rings. The van der Waals surface area contributed by atoms with E-state index < -0.39 is 10.8 Å². The van der Waals surface area contributed by atoms with Gasteiger partial charge in [0.05, 0.1) is 10.8 Å². The van der Waals surface area contributed by atoms with Crippen molar-refractivity contribution < 1.29 is 4.21 Å². The smallest absolute Gasteiger partial charge is 0.225 e. The van der Waals surface area contributed by atoms with Gasteiger partial charge in [0.15, 0.2) is 5.65 Å². The molecule has 68 valence electrons. The van der Waals surface area contributed by atoms with Crippen LogP contribution in [0.25, 0.3) is 5.65 Å². The van der Waals surface area contributed by atoms with Crippen LogP contribution in [0.15, 0.2) is 29.6 Å². The maximum absolute atomic E-state index is 11.5. The summed E-state index contributed by atoms with van der Waals surface area (Å²) in [6.07, 6.45) is 1.82. The zero-order valence-electron chi connectivity index (χ0n) is 7.17. The van der Waals surface area contributed by atoms with Crippen molar-refractivity contribution in [3.63, 3.8) is 0 Å². The Morgan fingerprint density at radius 3 is 3.08 bits per heavy atom. The molecule has 2 rings (SSSR count). The van der Waals surface area contributed by atoms with Crippen molar-refractivity contribution in [1.29, 1.82) is 0 Å². The van der Waals surface area contributed by atoms with Crippen molar-refractivity contribution in [1.82, 2.24) is 14.6 Å². The van der Waals surface area contributed by atoms with E-state index in [0.29, 0.717) is 10.9 Å². The molecule has 0 N–H and O–H groups in total. The van der Waals surface area contributed by atoms with Crippen LogP contribution in [0.4, 0.5) is 0 Å². The minimum absolute atomic E-state index is 0.526. The fourth-order valence-electron chi connectivity index (χ4n) is 1.10. The average molecular weight is 195 g/mol. The van der Waals surface area contributed by atoms with Crippen LogP contribution >= 0.6 is 0 Å². The molecule has 1 atom stereocenters. The zero-order chi connectivity index (χ0) is 9.26. The molecule has 13 heavy (non-hydrogen) atoms. The SMILES string of the molecule is CCS(=O)c1nnc2ccccn12. The third kappa shape index (κ3) is 1.35. The first kappa shape index (κ1) is 8.37. The van der Waals surface area contributed by atoms with Crippen LogP contribution in [0.1, 0.15) is 6.92 Å². The van der Waals surface area contributed by atoms with Gasteiger partial charge in [0.1, 0.15) is 0 Å². The summed E-state index contributed by atoms with van der Waals surface area (Å²) in [5, 5.41) is 8.31. The van der Waals surface area contributed by atoms with Gasteiger partial charge in [0.2, 0.25) is 5.16 Å². The predicted octanol–water partition coefficient (Wildman–Crippen LogP) is 0.857. The standard InChI is InChI=1S/C8H9N3OS/c1-2-13(12)8-10-9-7-5-3-4-6-11(7)8/h3-6H,2H2,1H3. The van der Waals surface area contributed by atoms with E-state index in [0.717, 1.165) is 5.65 Å². The van der Waals surface area contributed by atoms with Gasteiger partial charge in [0, 0.05) is 11.9 Å². The maximum atomic E-state index is 11.5. The van der Waals surface area contributed by atoms with Crippen molar-refractivity contribution in [2.75, 3.05) is 5.75 Å². The zero-order valence-corrected chi connectivity index (χ0v) is 7.99. The number of hydrogen-bond acceptors (Lipinski definition) is 3. The fraction of sp³-hybridized carbons (Fsp3) is 0.250. The van der Waals surface area contributed by atoms with Crippen molar-refractivity contribution >= 4 is 16.4 Å². The monoisotopic (exact) mass is 195 g/mol. The number of rotatable bonds is 2. The third-order valence-corrected chi connectivity index (χ3v) is 2.96. The summed E-state index contributed by atoms with van der Waals surface area (Å²) in [6, 6.07) is 5.58. The van der Waals surface area contributed by atoms with E-state index in [1.165, 1.54) is 0 Å². The Balaban J connectivity index is 2.64. The first-order valence-corrected chi connectivity index (χ1v) is 5.33. The number of hydrogen-bond donors (Lipinski definition) is 0. The van der Waals surface area contributed by atoms with Crippen molar-refractivity contribution in [2.24, 2.45) is 0 Å². The minimum Gasteiger partial charge on any atom is -0.275 e. The van der Waals surface area contributed by atoms with Crippen molar-refractivity contribution in [3.05, 3.63) is 24.4 Å². The average Bonchev–Trinajstić information content (AvgIpc) is 2.60. The van der Waals surface area contributed by atoms with Gasteiger partial charge in [-0.25, -0.2) is 0 Å². The maximum Gasteiger partial charge on any atom is 0.225 e. The molecular weight excluding hydrogens is 186 g/mol. The Labute approximate surface area is 78.1 Å². The summed E-state index contributed by atoms with van der Waals surface area (Å²) in [7, 11) is -1.04. The van der Waals surface area contributed by atoms with Crippen LogP contribution < -0.4 is 0 Å². The summed E-state index contributed by atoms with van der Waals surface area (Å²) < 4.78 is 13.2. The Hall–Kier alpha value is -1.23. The molecule has 5 heteroatoms. The van der Waals surface area contributed by atoms with E-state index in [-0.39, 0.29) is 0 Å². The second kappa shape index (κ2) is 3.26. The molecule has 0 amide bonds. The number of aromatic nitrogens is 3. The number of fused-ring (bicyclic) bond motifs is 1. The Kier molecular flexibility index (Phi) is 2.10. The second-order valence-corrected chi connectivity index (χ2v) is 4.18. The van der Waals surface area contributed by atoms with E-state index in [1.54, 1.807) is 4.40 Å². The van der Waals surface area contributed by atoms with Crippen LogP contribution in [0.3, 0.4) is 0 Å². The highest BCUT2D eigenvalue weighted by molar-refractivity contribution is 7.84. The number of pyridine rings is 1. The van der Waals surface area contributed by atoms with Gasteiger partial charge >= 0.3 is 0 Å². The van der Waals surface area contributed by atoms with E-state index in [2.05, 4.69) is 10.2 Å². The van der Waals surface area contributed by atoms with Crippen molar-refractivity contribution in [3.8, 4) is 0 Å². The highest BCUT2D eigenvalue weighted by Crippen LogP contribution is 2.06. The highest BCUT2D eigenvalue weighted by atomic mass is 32.2. The Bertz CT molecular complexity index is 451. The van der Waals surface area contributed by atoms with E-state index in [1.807, 2.05) is 31.3 Å². The normalized spacial score (nSPS) is 13.3. The van der Waals surface area contributed by atoms with Crippen LogP contribution in [0.2, 0.25) is 0 Å². The summed E-state index contributed by atoms with van der Waals surface area (Å²) in [5.74, 6) is 0.565. The lowest BCUT2D eigenvalue weighted by Crippen LogP contribution is -2.00. The predicted molar refractivity (Wildman–Crippen MR) is 49.9 cm³/mol. The molecule has 4 nitrogen and oxygen atoms in total. The largest absolute Gasteiger partial charge is 0.275 e. The van der Waals surface area contributed by atoms with Gasteiger partial charge in [-0.1, -0.05) is 13.0 Å². The molecule has 0 bridgehead atoms. The molecule has 0 radical (unpaired) electrons. The lowest BCUT2D eigenvalue weighted by molar-refractivity contribution is 0.674. The molecule has 0 fully saturated rings. The van der Waals surface area contributed by atoms with Crippen LogP contribution in [-0.2, 0) is 10.8 Å². The molecule has 0 aliphatic heterocycles. The van der Waals surface area contributed by atoms with Gasteiger partial charge in [-0.2, -0.15) is 0 Å². The fourth-order valence-corrected chi connectivity index (χ4v) is 1.87. The molecule has 0 spiro atoms. The topological polar surface area (TPSA) is 47.3 Å². The molecule has 2 aromatic heterocycles. The molecule has 0 saturated heterocycles.